The number of aromatic nitrogens is 2. The fourth-order valence-corrected chi connectivity index (χ4v) is 2.47. The zero-order chi connectivity index (χ0) is 20.7. The summed E-state index contributed by atoms with van der Waals surface area (Å²) in [5.41, 5.74) is -0.712. The van der Waals surface area contributed by atoms with Crippen LogP contribution in [0.25, 0.3) is 0 Å². The molecule has 0 spiro atoms. The van der Waals surface area contributed by atoms with Gasteiger partial charge in [-0.25, -0.2) is 14.4 Å². The molecule has 1 saturated carbocycles. The lowest BCUT2D eigenvalue weighted by atomic mass is 10.1. The number of rotatable bonds is 6. The number of hydrogen-bond donors (Lipinski definition) is 3. The van der Waals surface area contributed by atoms with Crippen molar-refractivity contribution in [2.75, 3.05) is 11.9 Å². The molecule has 3 rings (SSSR count). The number of hydrogen-bond acceptors (Lipinski definition) is 5. The van der Waals surface area contributed by atoms with Crippen LogP contribution >= 0.6 is 0 Å². The second-order valence-corrected chi connectivity index (χ2v) is 6.31. The van der Waals surface area contributed by atoms with E-state index in [0.717, 1.165) is 18.9 Å². The largest absolute Gasteiger partial charge is 0.483 e. The first-order chi connectivity index (χ1) is 13.2. The lowest BCUT2D eigenvalue weighted by Crippen LogP contribution is -2.25. The highest BCUT2D eigenvalue weighted by Crippen LogP contribution is 2.34. The SMILES string of the molecule is CC(NCC1CC1)c1cnc(Nc2cccc(F)c2)nc1C(F)(F)F.O=CO. The van der Waals surface area contributed by atoms with E-state index >= 15 is 0 Å². The van der Waals surface area contributed by atoms with E-state index in [2.05, 4.69) is 20.6 Å². The maximum atomic E-state index is 13.4. The minimum Gasteiger partial charge on any atom is -0.483 e. The summed E-state index contributed by atoms with van der Waals surface area (Å²) in [6, 6.07) is 4.85. The number of benzene rings is 1. The molecule has 6 nitrogen and oxygen atoms in total. The molecule has 1 fully saturated rings. The van der Waals surface area contributed by atoms with Crippen molar-refractivity contribution in [2.24, 2.45) is 5.92 Å². The molecule has 1 aliphatic carbocycles. The molecule has 1 atom stereocenters. The summed E-state index contributed by atoms with van der Waals surface area (Å²) in [4.78, 5) is 15.9. The van der Waals surface area contributed by atoms with E-state index in [-0.39, 0.29) is 23.7 Å². The molecular weight excluding hydrogens is 380 g/mol. The molecule has 1 unspecified atom stereocenters. The van der Waals surface area contributed by atoms with Crippen LogP contribution in [0.2, 0.25) is 0 Å². The van der Waals surface area contributed by atoms with E-state index in [0.29, 0.717) is 12.5 Å². The number of halogens is 4. The Morgan fingerprint density at radius 3 is 2.61 bits per heavy atom. The Balaban J connectivity index is 0.000000878. The smallest absolute Gasteiger partial charge is 0.433 e. The molecule has 0 radical (unpaired) electrons. The summed E-state index contributed by atoms with van der Waals surface area (Å²) in [5, 5.41) is 12.6. The average molecular weight is 400 g/mol. The second-order valence-electron chi connectivity index (χ2n) is 6.31. The minimum atomic E-state index is -4.60. The zero-order valence-electron chi connectivity index (χ0n) is 15.0. The Kier molecular flexibility index (Phi) is 7.27. The lowest BCUT2D eigenvalue weighted by molar-refractivity contribution is -0.142. The summed E-state index contributed by atoms with van der Waals surface area (Å²) < 4.78 is 53.4. The Morgan fingerprint density at radius 2 is 2.04 bits per heavy atom. The third-order valence-corrected chi connectivity index (χ3v) is 4.04. The molecule has 1 aliphatic rings. The molecule has 0 amide bonds. The van der Waals surface area contributed by atoms with Gasteiger partial charge in [-0.15, -0.1) is 0 Å². The van der Waals surface area contributed by atoms with Gasteiger partial charge in [0.1, 0.15) is 5.82 Å². The Labute approximate surface area is 159 Å². The molecule has 1 aromatic carbocycles. The molecule has 0 saturated heterocycles. The normalized spacial score (nSPS) is 14.6. The first-order valence-corrected chi connectivity index (χ1v) is 8.52. The molecule has 28 heavy (non-hydrogen) atoms. The number of alkyl halides is 3. The van der Waals surface area contributed by atoms with Gasteiger partial charge < -0.3 is 15.7 Å². The third-order valence-electron chi connectivity index (χ3n) is 4.04. The summed E-state index contributed by atoms with van der Waals surface area (Å²) in [6.45, 7) is 2.09. The standard InChI is InChI=1S/C17H18F4N4.CH2O2/c1-10(22-8-11-5-6-11)14-9-23-16(25-15(14)17(19,20)21)24-13-4-2-3-12(18)7-13;2-1-3/h2-4,7,9-11,22H,5-6,8H2,1H3,(H,23,24,25);1H,(H,2,3). The van der Waals surface area contributed by atoms with Crippen LogP contribution in [-0.4, -0.2) is 28.1 Å². The van der Waals surface area contributed by atoms with Crippen molar-refractivity contribution >= 4 is 18.1 Å². The lowest BCUT2D eigenvalue weighted by Gasteiger charge is -2.19. The minimum absolute atomic E-state index is 0.00191. The molecule has 2 aromatic rings. The first-order valence-electron chi connectivity index (χ1n) is 8.52. The van der Waals surface area contributed by atoms with Crippen LogP contribution in [0.5, 0.6) is 0 Å². The van der Waals surface area contributed by atoms with Crippen molar-refractivity contribution in [3.63, 3.8) is 0 Å². The summed E-state index contributed by atoms with van der Waals surface area (Å²) >= 11 is 0. The monoisotopic (exact) mass is 400 g/mol. The highest BCUT2D eigenvalue weighted by atomic mass is 19.4. The van der Waals surface area contributed by atoms with Gasteiger partial charge in [-0.1, -0.05) is 6.07 Å². The zero-order valence-corrected chi connectivity index (χ0v) is 15.0. The number of nitrogens with one attached hydrogen (secondary N) is 2. The van der Waals surface area contributed by atoms with Crippen LogP contribution in [0.1, 0.15) is 37.1 Å². The van der Waals surface area contributed by atoms with E-state index in [1.54, 1.807) is 6.92 Å². The highest BCUT2D eigenvalue weighted by Gasteiger charge is 2.37. The van der Waals surface area contributed by atoms with Crippen molar-refractivity contribution in [3.05, 3.63) is 47.5 Å². The van der Waals surface area contributed by atoms with E-state index in [4.69, 9.17) is 9.90 Å². The number of anilines is 2. The number of carboxylic acid groups (broad SMARTS) is 1. The van der Waals surface area contributed by atoms with Crippen LogP contribution in [0, 0.1) is 11.7 Å². The van der Waals surface area contributed by atoms with E-state index < -0.39 is 23.7 Å². The summed E-state index contributed by atoms with van der Waals surface area (Å²) in [6.07, 6.45) is -1.22. The fraction of sp³-hybridized carbons (Fsp3) is 0.389. The van der Waals surface area contributed by atoms with Gasteiger partial charge in [-0.05, 0) is 50.4 Å². The first kappa shape index (κ1) is 21.5. The van der Waals surface area contributed by atoms with Crippen molar-refractivity contribution in [2.45, 2.75) is 32.0 Å². The highest BCUT2D eigenvalue weighted by molar-refractivity contribution is 5.53. The molecule has 0 bridgehead atoms. The number of carbonyl (C=O) groups is 1. The second kappa shape index (κ2) is 9.45. The quantitative estimate of drug-likeness (QED) is 0.499. The summed E-state index contributed by atoms with van der Waals surface area (Å²) in [7, 11) is 0. The summed E-state index contributed by atoms with van der Waals surface area (Å²) in [5.74, 6) is -0.182. The van der Waals surface area contributed by atoms with Crippen LogP contribution < -0.4 is 10.6 Å². The van der Waals surface area contributed by atoms with Crippen LogP contribution in [0.4, 0.5) is 29.2 Å². The van der Waals surface area contributed by atoms with Gasteiger partial charge in [0.15, 0.2) is 5.69 Å². The topological polar surface area (TPSA) is 87.1 Å². The van der Waals surface area contributed by atoms with Crippen molar-refractivity contribution < 1.29 is 27.5 Å². The van der Waals surface area contributed by atoms with Crippen LogP contribution in [0.15, 0.2) is 30.5 Å². The van der Waals surface area contributed by atoms with Gasteiger partial charge in [-0.3, -0.25) is 4.79 Å². The van der Waals surface area contributed by atoms with Gasteiger partial charge in [0.2, 0.25) is 5.95 Å². The molecular formula is C18H20F4N4O2. The number of nitrogens with zero attached hydrogens (tertiary/aromatic N) is 2. The van der Waals surface area contributed by atoms with Crippen molar-refractivity contribution in [1.82, 2.24) is 15.3 Å². The van der Waals surface area contributed by atoms with Crippen molar-refractivity contribution in [1.29, 1.82) is 0 Å². The van der Waals surface area contributed by atoms with Gasteiger partial charge in [0.25, 0.3) is 6.47 Å². The molecule has 0 aliphatic heterocycles. The van der Waals surface area contributed by atoms with Crippen molar-refractivity contribution in [3.8, 4) is 0 Å². The van der Waals surface area contributed by atoms with Gasteiger partial charge in [-0.2, -0.15) is 13.2 Å². The third kappa shape index (κ3) is 6.45. The van der Waals surface area contributed by atoms with Gasteiger partial charge in [0, 0.05) is 23.5 Å². The van der Waals surface area contributed by atoms with E-state index in [1.807, 2.05) is 0 Å². The maximum absolute atomic E-state index is 13.4. The van der Waals surface area contributed by atoms with E-state index in [1.165, 1.54) is 24.4 Å². The Bertz CT molecular complexity index is 797. The predicted octanol–water partition coefficient (Wildman–Crippen LogP) is 4.14. The van der Waals surface area contributed by atoms with Gasteiger partial charge in [0.05, 0.1) is 0 Å². The molecule has 1 aromatic heterocycles. The molecule has 3 N–H and O–H groups in total. The Hall–Kier alpha value is -2.75. The molecule has 10 heteroatoms. The fourth-order valence-electron chi connectivity index (χ4n) is 2.47. The maximum Gasteiger partial charge on any atom is 0.433 e. The predicted molar refractivity (Wildman–Crippen MR) is 94.6 cm³/mol. The van der Waals surface area contributed by atoms with Crippen LogP contribution in [0.3, 0.4) is 0 Å². The van der Waals surface area contributed by atoms with E-state index in [9.17, 15) is 17.6 Å². The molecule has 1 heterocycles. The van der Waals surface area contributed by atoms with Crippen LogP contribution in [-0.2, 0) is 11.0 Å². The van der Waals surface area contributed by atoms with Gasteiger partial charge >= 0.3 is 6.18 Å². The molecule has 152 valence electrons. The average Bonchev–Trinajstić information content (AvgIpc) is 3.44. The Morgan fingerprint density at radius 1 is 1.36 bits per heavy atom.